The number of hydrogen-bond acceptors (Lipinski definition) is 3. The fraction of sp³-hybridized carbons (Fsp3) is 0.389. The first-order valence-electron chi connectivity index (χ1n) is 7.57. The number of amides is 1. The molecule has 3 rings (SSSR count). The van der Waals surface area contributed by atoms with Crippen LogP contribution in [0.3, 0.4) is 0 Å². The van der Waals surface area contributed by atoms with Gasteiger partial charge in [-0.25, -0.2) is 0 Å². The molecule has 1 spiro atoms. The molecule has 2 aliphatic rings. The number of carbonyl (C=O) groups is 1. The van der Waals surface area contributed by atoms with Gasteiger partial charge in [0.25, 0.3) is 5.91 Å². The van der Waals surface area contributed by atoms with Crippen molar-refractivity contribution in [2.45, 2.75) is 18.9 Å². The lowest BCUT2D eigenvalue weighted by atomic mass is 9.83. The van der Waals surface area contributed by atoms with E-state index < -0.39 is 5.60 Å². The van der Waals surface area contributed by atoms with E-state index >= 15 is 0 Å². The summed E-state index contributed by atoms with van der Waals surface area (Å²) in [5.74, 6) is 0.674. The van der Waals surface area contributed by atoms with Crippen LogP contribution in [0.1, 0.15) is 18.9 Å². The van der Waals surface area contributed by atoms with Crippen molar-refractivity contribution in [1.29, 1.82) is 0 Å². The van der Waals surface area contributed by atoms with Gasteiger partial charge in [-0.3, -0.25) is 4.79 Å². The summed E-state index contributed by atoms with van der Waals surface area (Å²) in [5.41, 5.74) is 0.811. The summed E-state index contributed by atoms with van der Waals surface area (Å²) in [6, 6.07) is 5.72. The summed E-state index contributed by atoms with van der Waals surface area (Å²) in [5, 5.41) is 0. The van der Waals surface area contributed by atoms with Crippen molar-refractivity contribution in [3.63, 3.8) is 0 Å². The molecule has 116 valence electrons. The van der Waals surface area contributed by atoms with Crippen molar-refractivity contribution in [3.8, 4) is 5.75 Å². The molecule has 0 saturated heterocycles. The smallest absolute Gasteiger partial charge is 0.264 e. The highest BCUT2D eigenvalue weighted by molar-refractivity contribution is 6.07. The van der Waals surface area contributed by atoms with Gasteiger partial charge in [-0.1, -0.05) is 25.2 Å². The number of hydrogen-bond donors (Lipinski definition) is 0. The van der Waals surface area contributed by atoms with E-state index in [0.29, 0.717) is 13.2 Å². The zero-order chi connectivity index (χ0) is 15.7. The van der Waals surface area contributed by atoms with Crippen LogP contribution in [0, 0.1) is 5.92 Å². The summed E-state index contributed by atoms with van der Waals surface area (Å²) >= 11 is 0. The molecular formula is C18H21NO3. The van der Waals surface area contributed by atoms with E-state index in [-0.39, 0.29) is 11.8 Å². The van der Waals surface area contributed by atoms with Crippen molar-refractivity contribution in [1.82, 2.24) is 0 Å². The Morgan fingerprint density at radius 2 is 2.36 bits per heavy atom. The standard InChI is InChI=1S/C18H21NO3/c1-4-10-19-16-9-8-14(21-3)12-15(16)18(17(19)20)13(2)7-5-6-11-22-18/h4-5,7-9,12-13H,1,6,10-11H2,2-3H3. The van der Waals surface area contributed by atoms with Crippen molar-refractivity contribution in [2.75, 3.05) is 25.2 Å². The van der Waals surface area contributed by atoms with Gasteiger partial charge < -0.3 is 14.4 Å². The first kappa shape index (κ1) is 14.9. The Morgan fingerprint density at radius 3 is 3.09 bits per heavy atom. The molecule has 0 saturated carbocycles. The molecule has 0 N–H and O–H groups in total. The monoisotopic (exact) mass is 299 g/mol. The third-order valence-corrected chi connectivity index (χ3v) is 4.45. The predicted octanol–water partition coefficient (Wildman–Crippen LogP) is 3.04. The Hall–Kier alpha value is -2.07. The molecule has 1 aromatic carbocycles. The third-order valence-electron chi connectivity index (χ3n) is 4.45. The van der Waals surface area contributed by atoms with E-state index in [1.165, 1.54) is 0 Å². The molecule has 22 heavy (non-hydrogen) atoms. The van der Waals surface area contributed by atoms with Gasteiger partial charge in [-0.15, -0.1) is 6.58 Å². The lowest BCUT2D eigenvalue weighted by molar-refractivity contribution is -0.148. The Labute approximate surface area is 131 Å². The number of carbonyl (C=O) groups excluding carboxylic acids is 1. The number of anilines is 1. The fourth-order valence-electron chi connectivity index (χ4n) is 3.35. The summed E-state index contributed by atoms with van der Waals surface area (Å²) in [7, 11) is 1.63. The number of rotatable bonds is 3. The maximum absolute atomic E-state index is 13.2. The summed E-state index contributed by atoms with van der Waals surface area (Å²) in [4.78, 5) is 14.9. The van der Waals surface area contributed by atoms with E-state index in [1.54, 1.807) is 18.1 Å². The van der Waals surface area contributed by atoms with Crippen molar-refractivity contribution >= 4 is 11.6 Å². The van der Waals surface area contributed by atoms with Crippen LogP contribution in [-0.4, -0.2) is 26.2 Å². The third kappa shape index (κ3) is 1.98. The first-order valence-corrected chi connectivity index (χ1v) is 7.57. The second kappa shape index (κ2) is 5.61. The van der Waals surface area contributed by atoms with Gasteiger partial charge in [0.1, 0.15) is 5.75 Å². The van der Waals surface area contributed by atoms with Gasteiger partial charge in [0.05, 0.1) is 19.4 Å². The molecule has 1 aromatic rings. The van der Waals surface area contributed by atoms with E-state index in [4.69, 9.17) is 9.47 Å². The largest absolute Gasteiger partial charge is 0.497 e. The van der Waals surface area contributed by atoms with E-state index in [1.807, 2.05) is 25.1 Å². The second-order valence-corrected chi connectivity index (χ2v) is 5.68. The minimum absolute atomic E-state index is 0.0188. The predicted molar refractivity (Wildman–Crippen MR) is 86.1 cm³/mol. The normalized spacial score (nSPS) is 26.9. The maximum Gasteiger partial charge on any atom is 0.264 e. The molecule has 4 nitrogen and oxygen atoms in total. The van der Waals surface area contributed by atoms with Crippen LogP contribution in [0.25, 0.3) is 0 Å². The molecule has 2 atom stereocenters. The fourth-order valence-corrected chi connectivity index (χ4v) is 3.35. The van der Waals surface area contributed by atoms with Crippen LogP contribution in [0.2, 0.25) is 0 Å². The number of ether oxygens (including phenoxy) is 2. The zero-order valence-electron chi connectivity index (χ0n) is 13.0. The van der Waals surface area contributed by atoms with Gasteiger partial charge in [0.2, 0.25) is 0 Å². The summed E-state index contributed by atoms with van der Waals surface area (Å²) < 4.78 is 11.5. The average Bonchev–Trinajstić information content (AvgIpc) is 2.66. The molecule has 0 radical (unpaired) electrons. The molecule has 4 heteroatoms. The topological polar surface area (TPSA) is 38.8 Å². The minimum Gasteiger partial charge on any atom is -0.497 e. The minimum atomic E-state index is -0.958. The Kier molecular flexibility index (Phi) is 3.79. The lowest BCUT2D eigenvalue weighted by Gasteiger charge is -2.32. The SMILES string of the molecule is C=CCN1C(=O)C2(OCCC=CC2C)c2cc(OC)ccc21. The summed E-state index contributed by atoms with van der Waals surface area (Å²) in [6.45, 7) is 6.80. The van der Waals surface area contributed by atoms with Gasteiger partial charge >= 0.3 is 0 Å². The van der Waals surface area contributed by atoms with Crippen LogP contribution < -0.4 is 9.64 Å². The van der Waals surface area contributed by atoms with Crippen LogP contribution in [-0.2, 0) is 15.1 Å². The number of fused-ring (bicyclic) bond motifs is 2. The summed E-state index contributed by atoms with van der Waals surface area (Å²) in [6.07, 6.45) is 6.72. The molecule has 2 heterocycles. The molecule has 2 unspecified atom stereocenters. The van der Waals surface area contributed by atoms with Gasteiger partial charge in [-0.05, 0) is 24.6 Å². The quantitative estimate of drug-likeness (QED) is 0.805. The van der Waals surface area contributed by atoms with Crippen LogP contribution in [0.5, 0.6) is 5.75 Å². The Balaban J connectivity index is 2.21. The molecule has 0 aromatic heterocycles. The highest BCUT2D eigenvalue weighted by Gasteiger charge is 2.55. The number of methoxy groups -OCH3 is 1. The lowest BCUT2D eigenvalue weighted by Crippen LogP contribution is -2.46. The van der Waals surface area contributed by atoms with E-state index in [0.717, 1.165) is 23.4 Å². The van der Waals surface area contributed by atoms with Crippen LogP contribution in [0.4, 0.5) is 5.69 Å². The molecule has 0 fully saturated rings. The van der Waals surface area contributed by atoms with Crippen LogP contribution >= 0.6 is 0 Å². The second-order valence-electron chi connectivity index (χ2n) is 5.68. The highest BCUT2D eigenvalue weighted by Crippen LogP contribution is 2.49. The van der Waals surface area contributed by atoms with Crippen molar-refractivity contribution in [2.24, 2.45) is 5.92 Å². The molecule has 0 bridgehead atoms. The van der Waals surface area contributed by atoms with E-state index in [2.05, 4.69) is 18.7 Å². The van der Waals surface area contributed by atoms with Crippen molar-refractivity contribution in [3.05, 3.63) is 48.6 Å². The number of benzene rings is 1. The average molecular weight is 299 g/mol. The Bertz CT molecular complexity index is 637. The highest BCUT2D eigenvalue weighted by atomic mass is 16.5. The maximum atomic E-state index is 13.2. The van der Waals surface area contributed by atoms with Crippen molar-refractivity contribution < 1.29 is 14.3 Å². The Morgan fingerprint density at radius 1 is 1.55 bits per heavy atom. The van der Waals surface area contributed by atoms with Gasteiger partial charge in [0.15, 0.2) is 5.60 Å². The van der Waals surface area contributed by atoms with Crippen LogP contribution in [0.15, 0.2) is 43.0 Å². The van der Waals surface area contributed by atoms with E-state index in [9.17, 15) is 4.79 Å². The first-order chi connectivity index (χ1) is 10.6. The molecular weight excluding hydrogens is 278 g/mol. The zero-order valence-corrected chi connectivity index (χ0v) is 13.0. The molecule has 0 aliphatic carbocycles. The van der Waals surface area contributed by atoms with Gasteiger partial charge in [0, 0.05) is 18.0 Å². The van der Waals surface area contributed by atoms with Gasteiger partial charge in [-0.2, -0.15) is 0 Å². The molecule has 1 amide bonds. The number of nitrogens with zero attached hydrogens (tertiary/aromatic N) is 1. The molecule has 2 aliphatic heterocycles.